The maximum atomic E-state index is 12.4. The van der Waals surface area contributed by atoms with Crippen molar-refractivity contribution < 1.29 is 9.90 Å². The molecule has 0 aromatic heterocycles. The van der Waals surface area contributed by atoms with Gasteiger partial charge in [-0.3, -0.25) is 10.2 Å². The Balaban J connectivity index is 1.72. The quantitative estimate of drug-likeness (QED) is 0.754. The summed E-state index contributed by atoms with van der Waals surface area (Å²) in [6.45, 7) is 0. The van der Waals surface area contributed by atoms with Crippen LogP contribution >= 0.6 is 11.8 Å². The molecule has 3 N–H and O–H groups in total. The lowest BCUT2D eigenvalue weighted by Crippen LogP contribution is -2.39. The van der Waals surface area contributed by atoms with Gasteiger partial charge in [0.25, 0.3) is 5.91 Å². The summed E-state index contributed by atoms with van der Waals surface area (Å²) in [5, 5.41) is 17.3. The number of amides is 1. The standard InChI is InChI=1S/C15H11N3O2S/c19-10-7-5-9(6-8-10)13-17-18-15(21-13)11-3-1-2-4-12(11)16-14(15)20/h1-8,18-19H,(H,16,20). The summed E-state index contributed by atoms with van der Waals surface area (Å²) in [6, 6.07) is 14.4. The Morgan fingerprint density at radius 2 is 1.86 bits per heavy atom. The fraction of sp³-hybridized carbons (Fsp3) is 0.0667. The number of aromatic hydroxyl groups is 1. The number of anilines is 1. The number of phenolic OH excluding ortho intramolecular Hbond substituents is 1. The third-order valence-corrected chi connectivity index (χ3v) is 4.88. The van der Waals surface area contributed by atoms with Crippen LogP contribution in [-0.2, 0) is 9.67 Å². The molecule has 5 nitrogen and oxygen atoms in total. The minimum atomic E-state index is -0.899. The lowest BCUT2D eigenvalue weighted by molar-refractivity contribution is -0.118. The summed E-state index contributed by atoms with van der Waals surface area (Å²) in [6.07, 6.45) is 0. The monoisotopic (exact) mass is 297 g/mol. The topological polar surface area (TPSA) is 73.7 Å². The first kappa shape index (κ1) is 12.3. The van der Waals surface area contributed by atoms with Gasteiger partial charge in [0.1, 0.15) is 10.8 Å². The van der Waals surface area contributed by atoms with Gasteiger partial charge < -0.3 is 10.4 Å². The molecule has 21 heavy (non-hydrogen) atoms. The third-order valence-electron chi connectivity index (χ3n) is 3.55. The molecular weight excluding hydrogens is 286 g/mol. The fourth-order valence-corrected chi connectivity index (χ4v) is 3.65. The lowest BCUT2D eigenvalue weighted by atomic mass is 10.1. The molecule has 0 saturated heterocycles. The van der Waals surface area contributed by atoms with Crippen LogP contribution in [-0.4, -0.2) is 16.1 Å². The molecule has 0 saturated carbocycles. The Hall–Kier alpha value is -2.47. The van der Waals surface area contributed by atoms with Crippen LogP contribution in [0.3, 0.4) is 0 Å². The predicted octanol–water partition coefficient (Wildman–Crippen LogP) is 2.20. The molecule has 0 radical (unpaired) electrons. The van der Waals surface area contributed by atoms with Gasteiger partial charge in [0.2, 0.25) is 4.87 Å². The summed E-state index contributed by atoms with van der Waals surface area (Å²) in [5.41, 5.74) is 5.53. The van der Waals surface area contributed by atoms with Crippen molar-refractivity contribution in [3.8, 4) is 5.75 Å². The van der Waals surface area contributed by atoms with Crippen LogP contribution in [0, 0.1) is 0 Å². The molecule has 104 valence electrons. The Labute approximate surface area is 125 Å². The van der Waals surface area contributed by atoms with Gasteiger partial charge in [-0.15, -0.1) is 0 Å². The van der Waals surface area contributed by atoms with E-state index in [0.717, 1.165) is 21.9 Å². The van der Waals surface area contributed by atoms with Gasteiger partial charge in [0.05, 0.1) is 0 Å². The number of nitrogens with zero attached hydrogens (tertiary/aromatic N) is 1. The van der Waals surface area contributed by atoms with Crippen LogP contribution in [0.1, 0.15) is 11.1 Å². The highest BCUT2D eigenvalue weighted by molar-refractivity contribution is 8.16. The number of thioether (sulfide) groups is 1. The maximum Gasteiger partial charge on any atom is 0.267 e. The van der Waals surface area contributed by atoms with Crippen LogP contribution < -0.4 is 10.7 Å². The second-order valence-electron chi connectivity index (χ2n) is 4.86. The molecule has 6 heteroatoms. The van der Waals surface area contributed by atoms with Crippen molar-refractivity contribution in [2.24, 2.45) is 5.10 Å². The van der Waals surface area contributed by atoms with Gasteiger partial charge >= 0.3 is 0 Å². The van der Waals surface area contributed by atoms with E-state index < -0.39 is 4.87 Å². The Morgan fingerprint density at radius 3 is 2.67 bits per heavy atom. The number of carbonyl (C=O) groups is 1. The van der Waals surface area contributed by atoms with Crippen molar-refractivity contribution in [2.75, 3.05) is 5.32 Å². The molecule has 1 amide bonds. The summed E-state index contributed by atoms with van der Waals surface area (Å²) in [7, 11) is 0. The van der Waals surface area contributed by atoms with E-state index in [4.69, 9.17) is 0 Å². The maximum absolute atomic E-state index is 12.4. The number of carbonyl (C=O) groups excluding carboxylic acids is 1. The molecule has 0 bridgehead atoms. The number of phenols is 1. The normalized spacial score (nSPS) is 22.7. The number of fused-ring (bicyclic) bond motifs is 2. The zero-order valence-electron chi connectivity index (χ0n) is 10.8. The number of para-hydroxylation sites is 1. The molecule has 2 aliphatic heterocycles. The second kappa shape index (κ2) is 4.26. The molecular formula is C15H11N3O2S. The van der Waals surface area contributed by atoms with Gasteiger partial charge in [-0.05, 0) is 30.3 Å². The van der Waals surface area contributed by atoms with Crippen LogP contribution in [0.5, 0.6) is 5.75 Å². The van der Waals surface area contributed by atoms with E-state index in [-0.39, 0.29) is 11.7 Å². The zero-order valence-corrected chi connectivity index (χ0v) is 11.6. The Morgan fingerprint density at radius 1 is 1.10 bits per heavy atom. The molecule has 1 atom stereocenters. The molecule has 1 unspecified atom stereocenters. The summed E-state index contributed by atoms with van der Waals surface area (Å²) in [5.74, 6) is 0.0835. The number of rotatable bonds is 1. The Kier molecular flexibility index (Phi) is 2.49. The Bertz CT molecular complexity index is 773. The minimum Gasteiger partial charge on any atom is -0.508 e. The SMILES string of the molecule is O=C1Nc2ccccc2C12NN=C(c1ccc(O)cc1)S2. The largest absolute Gasteiger partial charge is 0.508 e. The van der Waals surface area contributed by atoms with Gasteiger partial charge in [-0.2, -0.15) is 5.10 Å². The molecule has 2 aliphatic rings. The molecule has 0 aliphatic carbocycles. The lowest BCUT2D eigenvalue weighted by Gasteiger charge is -2.19. The predicted molar refractivity (Wildman–Crippen MR) is 82.1 cm³/mol. The highest BCUT2D eigenvalue weighted by Gasteiger charge is 2.51. The molecule has 2 aromatic carbocycles. The van der Waals surface area contributed by atoms with E-state index >= 15 is 0 Å². The average Bonchev–Trinajstić information content (AvgIpc) is 3.05. The van der Waals surface area contributed by atoms with Crippen molar-refractivity contribution in [2.45, 2.75) is 4.87 Å². The first-order valence-electron chi connectivity index (χ1n) is 6.43. The minimum absolute atomic E-state index is 0.119. The number of hydrogen-bond acceptors (Lipinski definition) is 5. The van der Waals surface area contributed by atoms with E-state index in [2.05, 4.69) is 15.8 Å². The van der Waals surface area contributed by atoms with Crippen LogP contribution in [0.2, 0.25) is 0 Å². The third kappa shape index (κ3) is 1.72. The van der Waals surface area contributed by atoms with Crippen molar-refractivity contribution in [3.63, 3.8) is 0 Å². The van der Waals surface area contributed by atoms with Crippen molar-refractivity contribution >= 4 is 28.4 Å². The van der Waals surface area contributed by atoms with E-state index in [9.17, 15) is 9.90 Å². The fourth-order valence-electron chi connectivity index (χ4n) is 2.49. The van der Waals surface area contributed by atoms with Crippen LogP contribution in [0.4, 0.5) is 5.69 Å². The molecule has 2 heterocycles. The van der Waals surface area contributed by atoms with E-state index in [0.29, 0.717) is 0 Å². The van der Waals surface area contributed by atoms with E-state index in [1.807, 2.05) is 24.3 Å². The average molecular weight is 297 g/mol. The highest BCUT2D eigenvalue weighted by atomic mass is 32.2. The van der Waals surface area contributed by atoms with Crippen molar-refractivity contribution in [1.29, 1.82) is 0 Å². The number of hydrazone groups is 1. The van der Waals surface area contributed by atoms with Crippen LogP contribution in [0.15, 0.2) is 53.6 Å². The first-order valence-corrected chi connectivity index (χ1v) is 7.25. The molecule has 2 aromatic rings. The summed E-state index contributed by atoms with van der Waals surface area (Å²) in [4.78, 5) is 11.5. The number of benzene rings is 2. The van der Waals surface area contributed by atoms with Gasteiger partial charge in [-0.25, -0.2) is 0 Å². The van der Waals surface area contributed by atoms with Gasteiger partial charge in [0, 0.05) is 16.8 Å². The second-order valence-corrected chi connectivity index (χ2v) is 6.06. The zero-order chi connectivity index (χ0) is 14.4. The van der Waals surface area contributed by atoms with Gasteiger partial charge in [0.15, 0.2) is 0 Å². The smallest absolute Gasteiger partial charge is 0.267 e. The van der Waals surface area contributed by atoms with Crippen LogP contribution in [0.25, 0.3) is 0 Å². The summed E-state index contributed by atoms with van der Waals surface area (Å²) >= 11 is 1.38. The number of hydrogen-bond donors (Lipinski definition) is 3. The first-order chi connectivity index (χ1) is 10.2. The number of nitrogens with one attached hydrogen (secondary N) is 2. The van der Waals surface area contributed by atoms with E-state index in [1.54, 1.807) is 24.3 Å². The molecule has 1 spiro atoms. The van der Waals surface area contributed by atoms with E-state index in [1.165, 1.54) is 11.8 Å². The van der Waals surface area contributed by atoms with Crippen molar-refractivity contribution in [1.82, 2.24) is 5.43 Å². The van der Waals surface area contributed by atoms with Gasteiger partial charge in [-0.1, -0.05) is 30.0 Å². The van der Waals surface area contributed by atoms with Crippen molar-refractivity contribution in [3.05, 3.63) is 59.7 Å². The highest BCUT2D eigenvalue weighted by Crippen LogP contribution is 2.47. The summed E-state index contributed by atoms with van der Waals surface area (Å²) < 4.78 is 0. The molecule has 0 fully saturated rings. The molecule has 4 rings (SSSR count).